The SMILES string of the molecule is Nc1cnncc1C(=O)C1CC1. The van der Waals surface area contributed by atoms with Crippen LogP contribution in [0.25, 0.3) is 0 Å². The van der Waals surface area contributed by atoms with Gasteiger partial charge in [-0.15, -0.1) is 0 Å². The van der Waals surface area contributed by atoms with E-state index in [0.717, 1.165) is 12.8 Å². The summed E-state index contributed by atoms with van der Waals surface area (Å²) in [5.74, 6) is 0.305. The number of ketones is 1. The van der Waals surface area contributed by atoms with E-state index in [0.29, 0.717) is 11.3 Å². The molecule has 0 bridgehead atoms. The number of anilines is 1. The van der Waals surface area contributed by atoms with Gasteiger partial charge in [0.05, 0.1) is 23.6 Å². The Morgan fingerprint density at radius 3 is 2.67 bits per heavy atom. The maximum absolute atomic E-state index is 11.5. The minimum atomic E-state index is 0.113. The van der Waals surface area contributed by atoms with E-state index in [2.05, 4.69) is 10.2 Å². The molecular weight excluding hydrogens is 154 g/mol. The second kappa shape index (κ2) is 2.55. The molecule has 1 saturated carbocycles. The molecular formula is C8H9N3O. The summed E-state index contributed by atoms with van der Waals surface area (Å²) < 4.78 is 0. The van der Waals surface area contributed by atoms with E-state index in [-0.39, 0.29) is 11.7 Å². The lowest BCUT2D eigenvalue weighted by atomic mass is 10.1. The lowest BCUT2D eigenvalue weighted by Crippen LogP contribution is -2.06. The third-order valence-corrected chi connectivity index (χ3v) is 1.97. The Labute approximate surface area is 69.8 Å². The van der Waals surface area contributed by atoms with Gasteiger partial charge in [-0.05, 0) is 12.8 Å². The number of aromatic nitrogens is 2. The van der Waals surface area contributed by atoms with Crippen LogP contribution in [0.15, 0.2) is 12.4 Å². The van der Waals surface area contributed by atoms with Crippen LogP contribution in [-0.4, -0.2) is 16.0 Å². The van der Waals surface area contributed by atoms with Crippen LogP contribution in [-0.2, 0) is 0 Å². The van der Waals surface area contributed by atoms with E-state index in [4.69, 9.17) is 5.73 Å². The predicted molar refractivity (Wildman–Crippen MR) is 43.5 cm³/mol. The Kier molecular flexibility index (Phi) is 1.53. The molecule has 0 amide bonds. The van der Waals surface area contributed by atoms with E-state index < -0.39 is 0 Å². The number of Topliss-reactive ketones (excluding diaryl/α,β-unsaturated/α-hetero) is 1. The summed E-state index contributed by atoms with van der Waals surface area (Å²) in [7, 11) is 0. The van der Waals surface area contributed by atoms with Crippen LogP contribution >= 0.6 is 0 Å². The molecule has 12 heavy (non-hydrogen) atoms. The lowest BCUT2D eigenvalue weighted by Gasteiger charge is -1.99. The summed E-state index contributed by atoms with van der Waals surface area (Å²) in [6.07, 6.45) is 4.83. The summed E-state index contributed by atoms with van der Waals surface area (Å²) in [5, 5.41) is 7.21. The molecule has 0 aromatic carbocycles. The van der Waals surface area contributed by atoms with Gasteiger partial charge in [0, 0.05) is 5.92 Å². The van der Waals surface area contributed by atoms with Crippen molar-refractivity contribution in [2.45, 2.75) is 12.8 Å². The molecule has 1 fully saturated rings. The van der Waals surface area contributed by atoms with Crippen molar-refractivity contribution in [1.29, 1.82) is 0 Å². The minimum absolute atomic E-state index is 0.113. The highest BCUT2D eigenvalue weighted by Gasteiger charge is 2.31. The Balaban J connectivity index is 2.32. The van der Waals surface area contributed by atoms with Crippen LogP contribution in [0.3, 0.4) is 0 Å². The molecule has 0 unspecified atom stereocenters. The van der Waals surface area contributed by atoms with Crippen molar-refractivity contribution in [2.24, 2.45) is 5.92 Å². The Hall–Kier alpha value is -1.45. The second-order valence-corrected chi connectivity index (χ2v) is 3.00. The van der Waals surface area contributed by atoms with Gasteiger partial charge >= 0.3 is 0 Å². The summed E-state index contributed by atoms with van der Waals surface area (Å²) in [6, 6.07) is 0. The highest BCUT2D eigenvalue weighted by atomic mass is 16.1. The molecule has 0 spiro atoms. The van der Waals surface area contributed by atoms with E-state index >= 15 is 0 Å². The molecule has 1 aliphatic rings. The first-order chi connectivity index (χ1) is 5.79. The van der Waals surface area contributed by atoms with Crippen molar-refractivity contribution in [2.75, 3.05) is 5.73 Å². The fourth-order valence-corrected chi connectivity index (χ4v) is 1.10. The Morgan fingerprint density at radius 2 is 2.08 bits per heavy atom. The zero-order valence-electron chi connectivity index (χ0n) is 6.53. The molecule has 1 aromatic heterocycles. The molecule has 0 radical (unpaired) electrons. The quantitative estimate of drug-likeness (QED) is 0.650. The van der Waals surface area contributed by atoms with Gasteiger partial charge in [0.2, 0.25) is 0 Å². The standard InChI is InChI=1S/C8H9N3O/c9-7-4-11-10-3-6(7)8(12)5-1-2-5/h3-5H,1-2H2,(H2,9,10). The predicted octanol–water partition coefficient (Wildman–Crippen LogP) is 0.652. The fraction of sp³-hybridized carbons (Fsp3) is 0.375. The van der Waals surface area contributed by atoms with Gasteiger partial charge in [-0.2, -0.15) is 10.2 Å². The molecule has 62 valence electrons. The Morgan fingerprint density at radius 1 is 1.42 bits per heavy atom. The molecule has 0 aliphatic heterocycles. The maximum atomic E-state index is 11.5. The molecule has 4 nitrogen and oxygen atoms in total. The third-order valence-electron chi connectivity index (χ3n) is 1.97. The molecule has 0 saturated heterocycles. The van der Waals surface area contributed by atoms with Gasteiger partial charge in [0.15, 0.2) is 5.78 Å². The lowest BCUT2D eigenvalue weighted by molar-refractivity contribution is 0.0968. The van der Waals surface area contributed by atoms with E-state index in [9.17, 15) is 4.79 Å². The summed E-state index contributed by atoms with van der Waals surface area (Å²) in [5.41, 5.74) is 6.52. The molecule has 1 aromatic rings. The van der Waals surface area contributed by atoms with Gasteiger partial charge in [-0.25, -0.2) is 0 Å². The molecule has 2 rings (SSSR count). The van der Waals surface area contributed by atoms with Crippen molar-refractivity contribution in [1.82, 2.24) is 10.2 Å². The molecule has 0 atom stereocenters. The summed E-state index contributed by atoms with van der Waals surface area (Å²) in [4.78, 5) is 11.5. The summed E-state index contributed by atoms with van der Waals surface area (Å²) in [6.45, 7) is 0. The van der Waals surface area contributed by atoms with E-state index in [1.165, 1.54) is 12.4 Å². The van der Waals surface area contributed by atoms with Gasteiger partial charge in [0.25, 0.3) is 0 Å². The normalized spacial score (nSPS) is 16.0. The van der Waals surface area contributed by atoms with Gasteiger partial charge < -0.3 is 5.73 Å². The minimum Gasteiger partial charge on any atom is -0.397 e. The smallest absolute Gasteiger partial charge is 0.169 e. The van der Waals surface area contributed by atoms with Crippen molar-refractivity contribution >= 4 is 11.5 Å². The number of hydrogen-bond donors (Lipinski definition) is 1. The average Bonchev–Trinajstić information content (AvgIpc) is 2.86. The third kappa shape index (κ3) is 1.15. The van der Waals surface area contributed by atoms with Crippen LogP contribution in [0.5, 0.6) is 0 Å². The van der Waals surface area contributed by atoms with Gasteiger partial charge in [-0.1, -0.05) is 0 Å². The van der Waals surface area contributed by atoms with Crippen molar-refractivity contribution in [3.63, 3.8) is 0 Å². The number of carbonyl (C=O) groups is 1. The average molecular weight is 163 g/mol. The molecule has 2 N–H and O–H groups in total. The first-order valence-corrected chi connectivity index (χ1v) is 3.89. The second-order valence-electron chi connectivity index (χ2n) is 3.00. The number of nitrogen functional groups attached to an aromatic ring is 1. The van der Waals surface area contributed by atoms with Crippen LogP contribution in [0.4, 0.5) is 5.69 Å². The highest BCUT2D eigenvalue weighted by molar-refractivity contribution is 6.02. The first kappa shape index (κ1) is 7.21. The first-order valence-electron chi connectivity index (χ1n) is 3.89. The van der Waals surface area contributed by atoms with E-state index in [1.807, 2.05) is 0 Å². The zero-order chi connectivity index (χ0) is 8.55. The monoisotopic (exact) mass is 163 g/mol. The number of rotatable bonds is 2. The molecule has 1 heterocycles. The van der Waals surface area contributed by atoms with Gasteiger partial charge in [0.1, 0.15) is 0 Å². The fourth-order valence-electron chi connectivity index (χ4n) is 1.10. The largest absolute Gasteiger partial charge is 0.397 e. The van der Waals surface area contributed by atoms with Crippen LogP contribution < -0.4 is 5.73 Å². The Bertz CT molecular complexity index is 320. The number of nitrogens with two attached hydrogens (primary N) is 1. The van der Waals surface area contributed by atoms with Crippen LogP contribution in [0.1, 0.15) is 23.2 Å². The zero-order valence-corrected chi connectivity index (χ0v) is 6.53. The van der Waals surface area contributed by atoms with Crippen molar-refractivity contribution in [3.05, 3.63) is 18.0 Å². The van der Waals surface area contributed by atoms with E-state index in [1.54, 1.807) is 0 Å². The number of nitrogens with zero attached hydrogens (tertiary/aromatic N) is 2. The van der Waals surface area contributed by atoms with Gasteiger partial charge in [-0.3, -0.25) is 4.79 Å². The molecule has 4 heteroatoms. The van der Waals surface area contributed by atoms with Crippen LogP contribution in [0.2, 0.25) is 0 Å². The maximum Gasteiger partial charge on any atom is 0.169 e. The number of carbonyl (C=O) groups excluding carboxylic acids is 1. The van der Waals surface area contributed by atoms with Crippen molar-refractivity contribution < 1.29 is 4.79 Å². The van der Waals surface area contributed by atoms with Crippen molar-refractivity contribution in [3.8, 4) is 0 Å². The molecule has 1 aliphatic carbocycles. The topological polar surface area (TPSA) is 68.9 Å². The van der Waals surface area contributed by atoms with Crippen LogP contribution in [0, 0.1) is 5.92 Å². The summed E-state index contributed by atoms with van der Waals surface area (Å²) >= 11 is 0. The highest BCUT2D eigenvalue weighted by Crippen LogP contribution is 2.33. The number of hydrogen-bond acceptors (Lipinski definition) is 4.